The molecule has 0 fully saturated rings. The van der Waals surface area contributed by atoms with Gasteiger partial charge in [0.2, 0.25) is 0 Å². The lowest BCUT2D eigenvalue weighted by atomic mass is 10.1. The van der Waals surface area contributed by atoms with E-state index in [9.17, 15) is 14.4 Å². The standard InChI is InChI=1S/C15H21NO6S/c1-5-8-22-15(19)16-12-10(13(17)20-6-2)9(4)11(23-12)14(18)21-7-3/h5-8H2,1-4H3,(H,16,19). The molecule has 0 bridgehead atoms. The van der Waals surface area contributed by atoms with Gasteiger partial charge in [-0.1, -0.05) is 6.92 Å². The molecule has 0 radical (unpaired) electrons. The Hall–Kier alpha value is -2.09. The zero-order valence-corrected chi connectivity index (χ0v) is 14.5. The van der Waals surface area contributed by atoms with Crippen molar-refractivity contribution in [3.05, 3.63) is 16.0 Å². The van der Waals surface area contributed by atoms with Gasteiger partial charge < -0.3 is 14.2 Å². The SMILES string of the molecule is CCCOC(=O)Nc1sc(C(=O)OCC)c(C)c1C(=O)OCC. The van der Waals surface area contributed by atoms with Crippen LogP contribution in [0.1, 0.15) is 52.8 Å². The summed E-state index contributed by atoms with van der Waals surface area (Å²) in [4.78, 5) is 36.1. The van der Waals surface area contributed by atoms with Gasteiger partial charge in [0, 0.05) is 0 Å². The number of amides is 1. The fourth-order valence-corrected chi connectivity index (χ4v) is 2.84. The second-order valence-electron chi connectivity index (χ2n) is 4.46. The lowest BCUT2D eigenvalue weighted by molar-refractivity contribution is 0.0527. The van der Waals surface area contributed by atoms with Crippen LogP contribution in [0.5, 0.6) is 0 Å². The minimum Gasteiger partial charge on any atom is -0.462 e. The van der Waals surface area contributed by atoms with E-state index in [1.54, 1.807) is 20.8 Å². The summed E-state index contributed by atoms with van der Waals surface area (Å²) in [7, 11) is 0. The van der Waals surface area contributed by atoms with E-state index in [4.69, 9.17) is 14.2 Å². The number of rotatable bonds is 7. The van der Waals surface area contributed by atoms with Gasteiger partial charge in [-0.2, -0.15) is 0 Å². The van der Waals surface area contributed by atoms with E-state index in [1.165, 1.54) is 0 Å². The average Bonchev–Trinajstić information content (AvgIpc) is 2.82. The Kier molecular flexibility index (Phi) is 7.53. The van der Waals surface area contributed by atoms with Crippen LogP contribution in [0.3, 0.4) is 0 Å². The predicted octanol–water partition coefficient (Wildman–Crippen LogP) is 3.37. The van der Waals surface area contributed by atoms with Crippen molar-refractivity contribution in [2.75, 3.05) is 25.1 Å². The van der Waals surface area contributed by atoms with E-state index >= 15 is 0 Å². The number of nitrogens with one attached hydrogen (secondary N) is 1. The Morgan fingerprint density at radius 1 is 1.00 bits per heavy atom. The topological polar surface area (TPSA) is 90.9 Å². The molecular weight excluding hydrogens is 322 g/mol. The van der Waals surface area contributed by atoms with Crippen LogP contribution < -0.4 is 5.32 Å². The largest absolute Gasteiger partial charge is 0.462 e. The van der Waals surface area contributed by atoms with Gasteiger partial charge in [0.05, 0.1) is 25.4 Å². The van der Waals surface area contributed by atoms with E-state index in [-0.39, 0.29) is 35.3 Å². The van der Waals surface area contributed by atoms with Crippen molar-refractivity contribution >= 4 is 34.4 Å². The number of anilines is 1. The first-order valence-electron chi connectivity index (χ1n) is 7.37. The summed E-state index contributed by atoms with van der Waals surface area (Å²) in [6, 6.07) is 0. The highest BCUT2D eigenvalue weighted by Crippen LogP contribution is 2.34. The van der Waals surface area contributed by atoms with Crippen molar-refractivity contribution in [1.29, 1.82) is 0 Å². The van der Waals surface area contributed by atoms with Crippen LogP contribution in [-0.4, -0.2) is 37.9 Å². The van der Waals surface area contributed by atoms with Gasteiger partial charge in [-0.3, -0.25) is 5.32 Å². The maximum Gasteiger partial charge on any atom is 0.412 e. The molecular formula is C15H21NO6S. The maximum absolute atomic E-state index is 12.1. The summed E-state index contributed by atoms with van der Waals surface area (Å²) >= 11 is 0.963. The van der Waals surface area contributed by atoms with Crippen molar-refractivity contribution in [1.82, 2.24) is 0 Å². The zero-order valence-electron chi connectivity index (χ0n) is 13.7. The molecule has 0 saturated carbocycles. The molecule has 0 spiro atoms. The van der Waals surface area contributed by atoms with E-state index in [1.807, 2.05) is 6.92 Å². The fraction of sp³-hybridized carbons (Fsp3) is 0.533. The van der Waals surface area contributed by atoms with E-state index in [0.717, 1.165) is 11.3 Å². The number of hydrogen-bond acceptors (Lipinski definition) is 7. The van der Waals surface area contributed by atoms with Gasteiger partial charge in [0.1, 0.15) is 9.88 Å². The first kappa shape index (κ1) is 19.0. The quantitative estimate of drug-likeness (QED) is 0.603. The number of hydrogen-bond donors (Lipinski definition) is 1. The van der Waals surface area contributed by atoms with Crippen molar-refractivity contribution in [2.24, 2.45) is 0 Å². The highest BCUT2D eigenvalue weighted by atomic mass is 32.1. The molecule has 0 aromatic carbocycles. The summed E-state index contributed by atoms with van der Waals surface area (Å²) < 4.78 is 14.9. The fourth-order valence-electron chi connectivity index (χ4n) is 1.77. The second-order valence-corrected chi connectivity index (χ2v) is 5.48. The molecule has 23 heavy (non-hydrogen) atoms. The highest BCUT2D eigenvalue weighted by molar-refractivity contribution is 7.18. The van der Waals surface area contributed by atoms with Gasteiger partial charge in [0.15, 0.2) is 0 Å². The van der Waals surface area contributed by atoms with Crippen molar-refractivity contribution < 1.29 is 28.6 Å². The van der Waals surface area contributed by atoms with Gasteiger partial charge >= 0.3 is 18.0 Å². The minimum absolute atomic E-state index is 0.147. The van der Waals surface area contributed by atoms with Crippen LogP contribution in [0.4, 0.5) is 9.80 Å². The van der Waals surface area contributed by atoms with E-state index in [2.05, 4.69) is 5.32 Å². The molecule has 1 heterocycles. The first-order chi connectivity index (χ1) is 11.0. The van der Waals surface area contributed by atoms with Crippen LogP contribution in [0.25, 0.3) is 0 Å². The third-order valence-electron chi connectivity index (χ3n) is 2.74. The Bertz CT molecular complexity index is 581. The molecule has 1 N–H and O–H groups in total. The predicted molar refractivity (Wildman–Crippen MR) is 86.2 cm³/mol. The van der Waals surface area contributed by atoms with Gasteiger partial charge in [-0.15, -0.1) is 11.3 Å². The Morgan fingerprint density at radius 3 is 2.17 bits per heavy atom. The summed E-state index contributed by atoms with van der Waals surface area (Å²) in [5.74, 6) is -1.15. The number of ether oxygens (including phenoxy) is 3. The van der Waals surface area contributed by atoms with E-state index in [0.29, 0.717) is 12.0 Å². The van der Waals surface area contributed by atoms with Crippen LogP contribution in [0, 0.1) is 6.92 Å². The molecule has 8 heteroatoms. The molecule has 1 aromatic rings. The Balaban J connectivity index is 3.14. The van der Waals surface area contributed by atoms with Gasteiger partial charge in [-0.05, 0) is 32.8 Å². The van der Waals surface area contributed by atoms with Crippen LogP contribution in [0.2, 0.25) is 0 Å². The van der Waals surface area contributed by atoms with Crippen LogP contribution in [0.15, 0.2) is 0 Å². The molecule has 0 atom stereocenters. The number of carbonyl (C=O) groups excluding carboxylic acids is 3. The number of carbonyl (C=O) groups is 3. The smallest absolute Gasteiger partial charge is 0.412 e. The summed E-state index contributed by atoms with van der Waals surface area (Å²) in [6.45, 7) is 7.50. The van der Waals surface area contributed by atoms with E-state index < -0.39 is 18.0 Å². The molecule has 7 nitrogen and oxygen atoms in total. The molecule has 0 aliphatic carbocycles. The summed E-state index contributed by atoms with van der Waals surface area (Å²) in [5, 5.41) is 2.70. The maximum atomic E-state index is 12.1. The summed E-state index contributed by atoms with van der Waals surface area (Å²) in [5.41, 5.74) is 0.561. The highest BCUT2D eigenvalue weighted by Gasteiger charge is 2.27. The number of thiophene rings is 1. The molecule has 128 valence electrons. The summed E-state index contributed by atoms with van der Waals surface area (Å²) in [6.07, 6.45) is -0.00977. The molecule has 0 aliphatic rings. The third-order valence-corrected chi connectivity index (χ3v) is 3.93. The zero-order chi connectivity index (χ0) is 17.4. The van der Waals surface area contributed by atoms with Gasteiger partial charge in [-0.25, -0.2) is 14.4 Å². The van der Waals surface area contributed by atoms with Gasteiger partial charge in [0.25, 0.3) is 0 Å². The number of esters is 2. The average molecular weight is 343 g/mol. The molecule has 1 aromatic heterocycles. The van der Waals surface area contributed by atoms with Crippen LogP contribution in [-0.2, 0) is 14.2 Å². The molecule has 0 unspecified atom stereocenters. The molecule has 0 saturated heterocycles. The van der Waals surface area contributed by atoms with Crippen molar-refractivity contribution in [2.45, 2.75) is 34.1 Å². The van der Waals surface area contributed by atoms with Crippen molar-refractivity contribution in [3.8, 4) is 0 Å². The molecule has 1 amide bonds. The normalized spacial score (nSPS) is 10.1. The monoisotopic (exact) mass is 343 g/mol. The Morgan fingerprint density at radius 2 is 1.61 bits per heavy atom. The van der Waals surface area contributed by atoms with Crippen LogP contribution >= 0.6 is 11.3 Å². The minimum atomic E-state index is -0.686. The molecule has 0 aliphatic heterocycles. The second kappa shape index (κ2) is 9.14. The lowest BCUT2D eigenvalue weighted by Gasteiger charge is -2.07. The third kappa shape index (κ3) is 4.95. The first-order valence-corrected chi connectivity index (χ1v) is 8.19. The Labute approximate surface area is 138 Å². The molecule has 1 rings (SSSR count). The lowest BCUT2D eigenvalue weighted by Crippen LogP contribution is -2.16. The van der Waals surface area contributed by atoms with Crippen molar-refractivity contribution in [3.63, 3.8) is 0 Å².